The lowest BCUT2D eigenvalue weighted by atomic mass is 10.1. The van der Waals surface area contributed by atoms with E-state index in [1.54, 1.807) is 22.7 Å². The van der Waals surface area contributed by atoms with Crippen LogP contribution in [0, 0.1) is 11.7 Å². The topological polar surface area (TPSA) is 80.1 Å². The number of nitrogens with one attached hydrogen (secondary N) is 1. The van der Waals surface area contributed by atoms with E-state index in [-0.39, 0.29) is 23.9 Å². The Morgan fingerprint density at radius 3 is 2.69 bits per heavy atom. The SMILES string of the molecule is CSc1ccc(N2CC(C(=O)Nc3ccc(-n4cncn4)c(F)c3)CC2=O)cc1. The number of carbonyl (C=O) groups excluding carboxylic acids is 2. The first-order chi connectivity index (χ1) is 14.0. The van der Waals surface area contributed by atoms with Gasteiger partial charge in [-0.1, -0.05) is 0 Å². The Balaban J connectivity index is 1.43. The van der Waals surface area contributed by atoms with Gasteiger partial charge in [0.15, 0.2) is 5.82 Å². The molecule has 2 heterocycles. The zero-order chi connectivity index (χ0) is 20.4. The summed E-state index contributed by atoms with van der Waals surface area (Å²) in [5, 5.41) is 6.59. The fraction of sp³-hybridized carbons (Fsp3) is 0.200. The van der Waals surface area contributed by atoms with Gasteiger partial charge in [0, 0.05) is 29.2 Å². The Morgan fingerprint density at radius 1 is 1.24 bits per heavy atom. The maximum absolute atomic E-state index is 14.3. The first-order valence-electron chi connectivity index (χ1n) is 8.95. The predicted molar refractivity (Wildman–Crippen MR) is 109 cm³/mol. The zero-order valence-corrected chi connectivity index (χ0v) is 16.4. The first-order valence-corrected chi connectivity index (χ1v) is 10.2. The van der Waals surface area contributed by atoms with Gasteiger partial charge in [-0.2, -0.15) is 5.10 Å². The smallest absolute Gasteiger partial charge is 0.229 e. The largest absolute Gasteiger partial charge is 0.326 e. The number of halogens is 1. The van der Waals surface area contributed by atoms with E-state index in [1.807, 2.05) is 30.5 Å². The summed E-state index contributed by atoms with van der Waals surface area (Å²) in [7, 11) is 0. The third-order valence-corrected chi connectivity index (χ3v) is 5.50. The molecular weight excluding hydrogens is 393 g/mol. The molecule has 29 heavy (non-hydrogen) atoms. The molecule has 1 aliphatic heterocycles. The molecule has 1 aliphatic rings. The molecule has 0 radical (unpaired) electrons. The highest BCUT2D eigenvalue weighted by Crippen LogP contribution is 2.28. The van der Waals surface area contributed by atoms with E-state index in [4.69, 9.17) is 0 Å². The summed E-state index contributed by atoms with van der Waals surface area (Å²) in [4.78, 5) is 31.5. The fourth-order valence-electron chi connectivity index (χ4n) is 3.24. The number of benzene rings is 2. The van der Waals surface area contributed by atoms with Crippen LogP contribution in [-0.4, -0.2) is 39.4 Å². The Kier molecular flexibility index (Phi) is 5.30. The van der Waals surface area contributed by atoms with Crippen molar-refractivity contribution in [2.45, 2.75) is 11.3 Å². The average molecular weight is 411 g/mol. The highest BCUT2D eigenvalue weighted by molar-refractivity contribution is 7.98. The maximum atomic E-state index is 14.3. The molecule has 1 fully saturated rings. The molecule has 2 aromatic carbocycles. The predicted octanol–water partition coefficient (Wildman–Crippen LogP) is 3.12. The minimum Gasteiger partial charge on any atom is -0.326 e. The van der Waals surface area contributed by atoms with Gasteiger partial charge in [0.1, 0.15) is 18.3 Å². The molecule has 1 saturated heterocycles. The minimum absolute atomic E-state index is 0.102. The monoisotopic (exact) mass is 411 g/mol. The molecule has 2 amide bonds. The van der Waals surface area contributed by atoms with Crippen LogP contribution in [0.1, 0.15) is 6.42 Å². The lowest BCUT2D eigenvalue weighted by Gasteiger charge is -2.17. The van der Waals surface area contributed by atoms with Crippen LogP contribution in [-0.2, 0) is 9.59 Å². The van der Waals surface area contributed by atoms with Crippen molar-refractivity contribution in [3.63, 3.8) is 0 Å². The van der Waals surface area contributed by atoms with Crippen molar-refractivity contribution >= 4 is 35.0 Å². The van der Waals surface area contributed by atoms with Crippen molar-refractivity contribution in [1.82, 2.24) is 14.8 Å². The van der Waals surface area contributed by atoms with Crippen molar-refractivity contribution in [2.75, 3.05) is 23.0 Å². The van der Waals surface area contributed by atoms with Crippen LogP contribution in [0.3, 0.4) is 0 Å². The lowest BCUT2D eigenvalue weighted by Crippen LogP contribution is -2.28. The summed E-state index contributed by atoms with van der Waals surface area (Å²) in [5.41, 5.74) is 1.33. The van der Waals surface area contributed by atoms with Gasteiger partial charge in [0.05, 0.1) is 5.92 Å². The van der Waals surface area contributed by atoms with Crippen molar-refractivity contribution in [2.24, 2.45) is 5.92 Å². The summed E-state index contributed by atoms with van der Waals surface area (Å²) in [6.45, 7) is 0.294. The number of hydrogen-bond donors (Lipinski definition) is 1. The highest BCUT2D eigenvalue weighted by atomic mass is 32.2. The number of hydrogen-bond acceptors (Lipinski definition) is 5. The van der Waals surface area contributed by atoms with Gasteiger partial charge < -0.3 is 10.2 Å². The number of amides is 2. The van der Waals surface area contributed by atoms with E-state index in [0.29, 0.717) is 12.2 Å². The third kappa shape index (κ3) is 4.00. The third-order valence-electron chi connectivity index (χ3n) is 4.76. The molecule has 1 atom stereocenters. The van der Waals surface area contributed by atoms with Gasteiger partial charge in [-0.25, -0.2) is 14.1 Å². The van der Waals surface area contributed by atoms with Crippen LogP contribution in [0.5, 0.6) is 0 Å². The normalized spacial score (nSPS) is 16.3. The molecule has 4 rings (SSSR count). The first kappa shape index (κ1) is 19.1. The molecule has 1 aromatic heterocycles. The molecule has 0 bridgehead atoms. The van der Waals surface area contributed by atoms with Crippen LogP contribution >= 0.6 is 11.8 Å². The molecule has 0 saturated carbocycles. The second-order valence-electron chi connectivity index (χ2n) is 6.60. The van der Waals surface area contributed by atoms with Crippen molar-refractivity contribution in [3.8, 4) is 5.69 Å². The Morgan fingerprint density at radius 2 is 2.03 bits per heavy atom. The summed E-state index contributed by atoms with van der Waals surface area (Å²) in [6, 6.07) is 12.0. The summed E-state index contributed by atoms with van der Waals surface area (Å²) in [6.07, 6.45) is 4.81. The molecule has 7 nitrogen and oxygen atoms in total. The standard InChI is InChI=1S/C20H18FN5O2S/c1-29-16-5-3-15(4-6-16)25-10-13(8-19(25)27)20(28)24-14-2-7-18(17(21)9-14)26-12-22-11-23-26/h2-7,9,11-13H,8,10H2,1H3,(H,24,28). The van der Waals surface area contributed by atoms with Gasteiger partial charge in [-0.05, 0) is 48.7 Å². The average Bonchev–Trinajstić information content (AvgIpc) is 3.38. The molecule has 3 aromatic rings. The van der Waals surface area contributed by atoms with E-state index >= 15 is 0 Å². The summed E-state index contributed by atoms with van der Waals surface area (Å²) in [5.74, 6) is -1.45. The van der Waals surface area contributed by atoms with Crippen LogP contribution in [0.2, 0.25) is 0 Å². The van der Waals surface area contributed by atoms with Crippen molar-refractivity contribution < 1.29 is 14.0 Å². The van der Waals surface area contributed by atoms with E-state index in [9.17, 15) is 14.0 Å². The molecule has 0 spiro atoms. The van der Waals surface area contributed by atoms with Gasteiger partial charge in [0.25, 0.3) is 0 Å². The number of carbonyl (C=O) groups is 2. The number of anilines is 2. The second kappa shape index (κ2) is 8.04. The van der Waals surface area contributed by atoms with Gasteiger partial charge in [-0.15, -0.1) is 11.8 Å². The number of rotatable bonds is 5. The molecule has 0 aliphatic carbocycles. The van der Waals surface area contributed by atoms with E-state index in [1.165, 1.54) is 29.5 Å². The van der Waals surface area contributed by atoms with Crippen LogP contribution in [0.4, 0.5) is 15.8 Å². The quantitative estimate of drug-likeness (QED) is 0.653. The zero-order valence-electron chi connectivity index (χ0n) is 15.6. The van der Waals surface area contributed by atoms with Gasteiger partial charge >= 0.3 is 0 Å². The molecule has 1 N–H and O–H groups in total. The summed E-state index contributed by atoms with van der Waals surface area (Å²) < 4.78 is 15.6. The molecule has 9 heteroatoms. The van der Waals surface area contributed by atoms with Gasteiger partial charge in [-0.3, -0.25) is 9.59 Å². The van der Waals surface area contributed by atoms with Crippen LogP contribution < -0.4 is 10.2 Å². The van der Waals surface area contributed by atoms with E-state index < -0.39 is 11.7 Å². The maximum Gasteiger partial charge on any atom is 0.229 e. The molecule has 148 valence electrons. The van der Waals surface area contributed by atoms with Crippen molar-refractivity contribution in [1.29, 1.82) is 0 Å². The highest BCUT2D eigenvalue weighted by Gasteiger charge is 2.35. The number of aromatic nitrogens is 3. The van der Waals surface area contributed by atoms with Crippen LogP contribution in [0.25, 0.3) is 5.69 Å². The van der Waals surface area contributed by atoms with Crippen LogP contribution in [0.15, 0.2) is 60.0 Å². The Bertz CT molecular complexity index is 1040. The molecule has 1 unspecified atom stereocenters. The lowest BCUT2D eigenvalue weighted by molar-refractivity contribution is -0.122. The van der Waals surface area contributed by atoms with E-state index in [2.05, 4.69) is 15.4 Å². The fourth-order valence-corrected chi connectivity index (χ4v) is 3.65. The summed E-state index contributed by atoms with van der Waals surface area (Å²) >= 11 is 1.62. The molecular formula is C20H18FN5O2S. The number of thioether (sulfide) groups is 1. The second-order valence-corrected chi connectivity index (χ2v) is 7.48. The minimum atomic E-state index is -0.536. The van der Waals surface area contributed by atoms with Crippen molar-refractivity contribution in [3.05, 3.63) is 60.9 Å². The number of nitrogens with zero attached hydrogens (tertiary/aromatic N) is 4. The Hall–Kier alpha value is -3.20. The Labute approximate surface area is 170 Å². The van der Waals surface area contributed by atoms with E-state index in [0.717, 1.165) is 10.6 Å². The van der Waals surface area contributed by atoms with Gasteiger partial charge in [0.2, 0.25) is 11.8 Å².